The van der Waals surface area contributed by atoms with Gasteiger partial charge < -0.3 is 26.4 Å². The molecule has 5 N–H and O–H groups in total. The molecule has 0 unspecified atom stereocenters. The zero-order valence-corrected chi connectivity index (χ0v) is 24.8. The standard InChI is InChI=1S/C33H29N7O6/c1-16-20-6-7-23(22(20)5-4-21(16)33(45)46)38-32(44)25-13-24(37-26-8-10-36-40(25)26)31(43)35-14-17-2-3-18-9-11-39(15-19(18)12-17)28-27(34)29(41)30(28)42/h2-5,8,10,12-13,23H,6-7,9,11,14-15,34H2,1H3,(H,35,43)(H,38,44)(H,45,46)/t23-/m1/s1. The summed E-state index contributed by atoms with van der Waals surface area (Å²) in [6, 6.07) is 11.9. The van der Waals surface area contributed by atoms with E-state index >= 15 is 0 Å². The first-order valence-electron chi connectivity index (χ1n) is 14.8. The van der Waals surface area contributed by atoms with Gasteiger partial charge in [0.15, 0.2) is 5.65 Å². The Hall–Kier alpha value is -5.85. The molecule has 2 aromatic heterocycles. The highest BCUT2D eigenvalue weighted by Gasteiger charge is 2.29. The van der Waals surface area contributed by atoms with Gasteiger partial charge in [-0.05, 0) is 65.6 Å². The summed E-state index contributed by atoms with van der Waals surface area (Å²) < 4.78 is 1.37. The number of nitrogen functional groups attached to an aromatic ring is 1. The number of rotatable bonds is 7. The first kappa shape index (κ1) is 28.9. The summed E-state index contributed by atoms with van der Waals surface area (Å²) >= 11 is 0. The third kappa shape index (κ3) is 4.76. The molecule has 1 atom stereocenters. The van der Waals surface area contributed by atoms with Crippen molar-refractivity contribution in [1.82, 2.24) is 25.2 Å². The number of carboxylic acids is 1. The maximum Gasteiger partial charge on any atom is 0.335 e. The number of fused-ring (bicyclic) bond motifs is 3. The van der Waals surface area contributed by atoms with E-state index in [4.69, 9.17) is 5.73 Å². The van der Waals surface area contributed by atoms with Crippen molar-refractivity contribution in [3.63, 3.8) is 0 Å². The van der Waals surface area contributed by atoms with Crippen LogP contribution in [0.25, 0.3) is 5.65 Å². The van der Waals surface area contributed by atoms with Gasteiger partial charge in [0.05, 0.1) is 17.8 Å². The second-order valence-corrected chi connectivity index (χ2v) is 11.7. The fourth-order valence-electron chi connectivity index (χ4n) is 6.58. The molecule has 0 saturated carbocycles. The van der Waals surface area contributed by atoms with E-state index in [-0.39, 0.29) is 40.9 Å². The Bertz CT molecular complexity index is 2180. The van der Waals surface area contributed by atoms with E-state index in [1.165, 1.54) is 16.8 Å². The molecule has 3 heterocycles. The smallest absolute Gasteiger partial charge is 0.335 e. The molecule has 0 fully saturated rings. The second kappa shape index (κ2) is 10.9. The van der Waals surface area contributed by atoms with Crippen LogP contribution >= 0.6 is 0 Å². The van der Waals surface area contributed by atoms with Crippen molar-refractivity contribution in [2.75, 3.05) is 17.2 Å². The summed E-state index contributed by atoms with van der Waals surface area (Å²) in [4.78, 5) is 68.3. The van der Waals surface area contributed by atoms with Crippen molar-refractivity contribution in [1.29, 1.82) is 0 Å². The molecular weight excluding hydrogens is 590 g/mol. The summed E-state index contributed by atoms with van der Waals surface area (Å²) in [7, 11) is 0. The maximum absolute atomic E-state index is 13.6. The molecule has 13 heteroatoms. The molecular formula is C33H29N7O6. The van der Waals surface area contributed by atoms with Gasteiger partial charge in [0, 0.05) is 31.8 Å². The molecule has 7 rings (SSSR count). The number of hydrogen-bond acceptors (Lipinski definition) is 9. The van der Waals surface area contributed by atoms with Gasteiger partial charge in [-0.3, -0.25) is 19.2 Å². The lowest BCUT2D eigenvalue weighted by atomic mass is 9.96. The number of benzene rings is 2. The summed E-state index contributed by atoms with van der Waals surface area (Å²) in [6.45, 7) is 2.98. The van der Waals surface area contributed by atoms with Gasteiger partial charge >= 0.3 is 5.97 Å². The molecule has 1 aliphatic carbocycles. The molecule has 0 radical (unpaired) electrons. The van der Waals surface area contributed by atoms with Gasteiger partial charge in [-0.25, -0.2) is 14.3 Å². The average molecular weight is 620 g/mol. The van der Waals surface area contributed by atoms with Crippen molar-refractivity contribution in [3.8, 4) is 0 Å². The molecule has 2 amide bonds. The number of aromatic nitrogens is 3. The third-order valence-electron chi connectivity index (χ3n) is 9.03. The molecule has 3 aromatic carbocycles. The van der Waals surface area contributed by atoms with Gasteiger partial charge in [0.25, 0.3) is 22.7 Å². The van der Waals surface area contributed by atoms with Gasteiger partial charge in [-0.2, -0.15) is 5.10 Å². The summed E-state index contributed by atoms with van der Waals surface area (Å²) in [5, 5.41) is 19.6. The molecule has 13 nitrogen and oxygen atoms in total. The number of nitrogens with one attached hydrogen (secondary N) is 2. The molecule has 2 aliphatic rings. The van der Waals surface area contributed by atoms with E-state index in [1.54, 1.807) is 25.1 Å². The van der Waals surface area contributed by atoms with E-state index < -0.39 is 28.6 Å². The number of carbonyl (C=O) groups excluding carboxylic acids is 2. The predicted octanol–water partition coefficient (Wildman–Crippen LogP) is 1.82. The number of hydrogen-bond donors (Lipinski definition) is 4. The van der Waals surface area contributed by atoms with E-state index in [0.29, 0.717) is 43.6 Å². The zero-order chi connectivity index (χ0) is 32.3. The largest absolute Gasteiger partial charge is 0.478 e. The van der Waals surface area contributed by atoms with Crippen LogP contribution < -0.4 is 32.1 Å². The number of aromatic carboxylic acids is 1. The first-order chi connectivity index (χ1) is 22.1. The number of nitrogens with two attached hydrogens (primary N) is 1. The van der Waals surface area contributed by atoms with Crippen molar-refractivity contribution in [3.05, 3.63) is 119 Å². The first-order valence-corrected chi connectivity index (χ1v) is 14.8. The van der Waals surface area contributed by atoms with Crippen molar-refractivity contribution in [2.24, 2.45) is 0 Å². The lowest BCUT2D eigenvalue weighted by Gasteiger charge is -2.32. The van der Waals surface area contributed by atoms with Crippen LogP contribution in [-0.2, 0) is 25.9 Å². The minimum absolute atomic E-state index is 0.00468. The van der Waals surface area contributed by atoms with Crippen LogP contribution in [0.5, 0.6) is 0 Å². The normalized spacial score (nSPS) is 15.5. The molecule has 0 saturated heterocycles. The minimum Gasteiger partial charge on any atom is -0.478 e. The van der Waals surface area contributed by atoms with Crippen LogP contribution in [-0.4, -0.2) is 44.0 Å². The molecule has 5 aromatic rings. The number of nitrogens with zero attached hydrogens (tertiary/aromatic N) is 4. The topological polar surface area (TPSA) is 189 Å². The van der Waals surface area contributed by atoms with Gasteiger partial charge in [0.2, 0.25) is 0 Å². The second-order valence-electron chi connectivity index (χ2n) is 11.7. The monoisotopic (exact) mass is 619 g/mol. The summed E-state index contributed by atoms with van der Waals surface area (Å²) in [5.41, 5.74) is 11.0. The fraction of sp³-hybridized carbons (Fsp3) is 0.242. The van der Waals surface area contributed by atoms with Crippen molar-refractivity contribution in [2.45, 2.75) is 45.3 Å². The summed E-state index contributed by atoms with van der Waals surface area (Å²) in [5.74, 6) is -1.90. The minimum atomic E-state index is -0.987. The van der Waals surface area contributed by atoms with Gasteiger partial charge in [0.1, 0.15) is 22.8 Å². The number of amides is 2. The number of anilines is 2. The molecule has 232 valence electrons. The lowest BCUT2D eigenvalue weighted by Crippen LogP contribution is -2.44. The Morgan fingerprint density at radius 3 is 2.63 bits per heavy atom. The number of carbonyl (C=O) groups is 3. The van der Waals surface area contributed by atoms with Crippen LogP contribution in [0, 0.1) is 6.92 Å². The average Bonchev–Trinajstić information content (AvgIpc) is 3.70. The summed E-state index contributed by atoms with van der Waals surface area (Å²) in [6.07, 6.45) is 3.44. The molecule has 46 heavy (non-hydrogen) atoms. The van der Waals surface area contributed by atoms with Crippen LogP contribution in [0.1, 0.15) is 77.2 Å². The quantitative estimate of drug-likeness (QED) is 0.196. The highest BCUT2D eigenvalue weighted by atomic mass is 16.4. The molecule has 0 spiro atoms. The van der Waals surface area contributed by atoms with E-state index in [1.807, 2.05) is 23.1 Å². The Kier molecular flexibility index (Phi) is 6.88. The Morgan fingerprint density at radius 1 is 1.02 bits per heavy atom. The fourth-order valence-corrected chi connectivity index (χ4v) is 6.58. The van der Waals surface area contributed by atoms with Crippen LogP contribution in [0.3, 0.4) is 0 Å². The van der Waals surface area contributed by atoms with Crippen LogP contribution in [0.15, 0.2) is 58.3 Å². The van der Waals surface area contributed by atoms with Gasteiger partial charge in [-0.15, -0.1) is 0 Å². The molecule has 1 aliphatic heterocycles. The van der Waals surface area contributed by atoms with E-state index in [2.05, 4.69) is 20.7 Å². The van der Waals surface area contributed by atoms with E-state index in [0.717, 1.165) is 27.8 Å². The maximum atomic E-state index is 13.6. The SMILES string of the molecule is Cc1c(C(=O)O)ccc2c1CC[C@H]2NC(=O)c1cc(C(=O)NCc2ccc3c(c2)CN(c2c(N)c(=O)c2=O)CC3)nc2ccnn12. The third-order valence-corrected chi connectivity index (χ3v) is 9.03. The molecule has 0 bridgehead atoms. The highest BCUT2D eigenvalue weighted by molar-refractivity contribution is 5.98. The van der Waals surface area contributed by atoms with Crippen molar-refractivity contribution < 1.29 is 19.5 Å². The Morgan fingerprint density at radius 2 is 1.85 bits per heavy atom. The van der Waals surface area contributed by atoms with Crippen molar-refractivity contribution >= 4 is 34.8 Å². The lowest BCUT2D eigenvalue weighted by molar-refractivity contribution is 0.0695. The van der Waals surface area contributed by atoms with Crippen LogP contribution in [0.2, 0.25) is 0 Å². The Balaban J connectivity index is 1.07. The van der Waals surface area contributed by atoms with Gasteiger partial charge in [-0.1, -0.05) is 24.3 Å². The highest BCUT2D eigenvalue weighted by Crippen LogP contribution is 2.35. The number of carboxylic acid groups (broad SMARTS) is 1. The Labute approximate surface area is 261 Å². The van der Waals surface area contributed by atoms with Crippen LogP contribution in [0.4, 0.5) is 11.4 Å². The predicted molar refractivity (Wildman–Crippen MR) is 168 cm³/mol. The van der Waals surface area contributed by atoms with E-state index in [9.17, 15) is 29.1 Å². The zero-order valence-electron chi connectivity index (χ0n) is 24.8.